The van der Waals surface area contributed by atoms with Gasteiger partial charge in [0.25, 0.3) is 0 Å². The molecule has 0 saturated carbocycles. The molecule has 1 amide bonds. The third-order valence-electron chi connectivity index (χ3n) is 5.55. The minimum absolute atomic E-state index is 0.243. The first kappa shape index (κ1) is 17.8. The van der Waals surface area contributed by atoms with Crippen molar-refractivity contribution in [2.24, 2.45) is 5.73 Å². The van der Waals surface area contributed by atoms with Crippen LogP contribution in [0.4, 0.5) is 0 Å². The number of carbonyl (C=O) groups is 1. The van der Waals surface area contributed by atoms with Crippen molar-refractivity contribution < 1.29 is 4.79 Å². The zero-order valence-electron chi connectivity index (χ0n) is 16.1. The van der Waals surface area contributed by atoms with Crippen molar-refractivity contribution in [1.82, 2.24) is 9.47 Å². The van der Waals surface area contributed by atoms with Crippen molar-refractivity contribution in [3.63, 3.8) is 0 Å². The lowest BCUT2D eigenvalue weighted by atomic mass is 9.98. The average molecular weight is 361 g/mol. The van der Waals surface area contributed by atoms with Gasteiger partial charge in [-0.25, -0.2) is 0 Å². The predicted octanol–water partition coefficient (Wildman–Crippen LogP) is 3.58. The molecule has 27 heavy (non-hydrogen) atoms. The number of benzene rings is 2. The Kier molecular flexibility index (Phi) is 4.75. The summed E-state index contributed by atoms with van der Waals surface area (Å²) in [6.07, 6.45) is 3.39. The molecule has 3 aromatic rings. The quantitative estimate of drug-likeness (QED) is 0.755. The van der Waals surface area contributed by atoms with Crippen molar-refractivity contribution in [2.45, 2.75) is 32.7 Å². The van der Waals surface area contributed by atoms with Gasteiger partial charge in [-0.2, -0.15) is 0 Å². The number of aryl methyl sites for hydroxylation is 2. The maximum Gasteiger partial charge on any atom is 0.231 e. The first-order valence-corrected chi connectivity index (χ1v) is 9.65. The van der Waals surface area contributed by atoms with Crippen LogP contribution in [-0.2, 0) is 11.3 Å². The number of primary amides is 1. The number of carbonyl (C=O) groups excluding carboxylic acids is 1. The zero-order valence-corrected chi connectivity index (χ0v) is 16.1. The predicted molar refractivity (Wildman–Crippen MR) is 110 cm³/mol. The highest BCUT2D eigenvalue weighted by Gasteiger charge is 2.27. The second kappa shape index (κ2) is 7.20. The number of nitrogens with two attached hydrogens (primary N) is 1. The molecule has 4 nitrogen and oxygen atoms in total. The van der Waals surface area contributed by atoms with Gasteiger partial charge < -0.3 is 10.3 Å². The van der Waals surface area contributed by atoms with Gasteiger partial charge in [0.2, 0.25) is 5.91 Å². The van der Waals surface area contributed by atoms with Crippen LogP contribution in [0.25, 0.3) is 10.9 Å². The highest BCUT2D eigenvalue weighted by atomic mass is 16.1. The number of hydrogen-bond acceptors (Lipinski definition) is 2. The first-order chi connectivity index (χ1) is 13.0. The van der Waals surface area contributed by atoms with Crippen LogP contribution in [0, 0.1) is 13.8 Å². The van der Waals surface area contributed by atoms with Crippen molar-refractivity contribution in [3.8, 4) is 0 Å². The molecular formula is C23H27N3O. The number of aromatic nitrogens is 1. The summed E-state index contributed by atoms with van der Waals surface area (Å²) >= 11 is 0. The largest absolute Gasteiger partial charge is 0.369 e. The van der Waals surface area contributed by atoms with E-state index in [1.807, 2.05) is 0 Å². The van der Waals surface area contributed by atoms with Crippen LogP contribution in [0.2, 0.25) is 0 Å². The highest BCUT2D eigenvalue weighted by molar-refractivity contribution is 5.84. The van der Waals surface area contributed by atoms with Gasteiger partial charge >= 0.3 is 0 Å². The van der Waals surface area contributed by atoms with Crippen LogP contribution in [0.3, 0.4) is 0 Å². The van der Waals surface area contributed by atoms with E-state index in [-0.39, 0.29) is 5.91 Å². The van der Waals surface area contributed by atoms with Crippen molar-refractivity contribution in [1.29, 1.82) is 0 Å². The van der Waals surface area contributed by atoms with E-state index in [2.05, 4.69) is 72.0 Å². The van der Waals surface area contributed by atoms with E-state index in [0.29, 0.717) is 12.5 Å². The molecule has 1 aromatic heterocycles. The van der Waals surface area contributed by atoms with Gasteiger partial charge in [-0.1, -0.05) is 47.5 Å². The maximum absolute atomic E-state index is 11.2. The molecule has 2 N–H and O–H groups in total. The van der Waals surface area contributed by atoms with E-state index < -0.39 is 0 Å². The molecule has 4 heteroatoms. The molecule has 0 spiro atoms. The summed E-state index contributed by atoms with van der Waals surface area (Å²) in [5.41, 5.74) is 12.0. The normalized spacial score (nSPS) is 17.6. The lowest BCUT2D eigenvalue weighted by molar-refractivity contribution is -0.118. The van der Waals surface area contributed by atoms with E-state index >= 15 is 0 Å². The molecule has 4 rings (SSSR count). The maximum atomic E-state index is 11.2. The fraction of sp³-hybridized carbons (Fsp3) is 0.348. The number of para-hydroxylation sites is 1. The van der Waals surface area contributed by atoms with Gasteiger partial charge in [-0.05, 0) is 49.9 Å². The van der Waals surface area contributed by atoms with E-state index in [9.17, 15) is 4.79 Å². The third-order valence-corrected chi connectivity index (χ3v) is 5.55. The molecule has 2 aromatic carbocycles. The van der Waals surface area contributed by atoms with Gasteiger partial charge in [0.1, 0.15) is 0 Å². The Morgan fingerprint density at radius 1 is 1.15 bits per heavy atom. The van der Waals surface area contributed by atoms with Crippen molar-refractivity contribution in [3.05, 3.63) is 70.9 Å². The minimum atomic E-state index is -0.243. The molecule has 0 aliphatic carbocycles. The summed E-state index contributed by atoms with van der Waals surface area (Å²) in [6.45, 7) is 7.38. The molecule has 1 fully saturated rings. The van der Waals surface area contributed by atoms with Crippen LogP contribution in [-0.4, -0.2) is 35.0 Å². The zero-order chi connectivity index (χ0) is 19.0. The van der Waals surface area contributed by atoms with Crippen molar-refractivity contribution in [2.75, 3.05) is 19.6 Å². The molecule has 0 radical (unpaired) electrons. The van der Waals surface area contributed by atoms with E-state index in [0.717, 1.165) is 26.1 Å². The minimum Gasteiger partial charge on any atom is -0.369 e. The molecular weight excluding hydrogens is 334 g/mol. The second-order valence-corrected chi connectivity index (χ2v) is 7.91. The summed E-state index contributed by atoms with van der Waals surface area (Å²) < 4.78 is 2.37. The summed E-state index contributed by atoms with van der Waals surface area (Å²) in [4.78, 5) is 13.4. The van der Waals surface area contributed by atoms with Gasteiger partial charge in [0.15, 0.2) is 0 Å². The third kappa shape index (κ3) is 3.76. The molecule has 1 saturated heterocycles. The van der Waals surface area contributed by atoms with Crippen LogP contribution in [0.1, 0.15) is 34.6 Å². The monoisotopic (exact) mass is 361 g/mol. The van der Waals surface area contributed by atoms with Crippen LogP contribution >= 0.6 is 0 Å². The number of nitrogens with zero attached hydrogens (tertiary/aromatic N) is 2. The molecule has 1 aliphatic heterocycles. The van der Waals surface area contributed by atoms with E-state index in [1.165, 1.54) is 33.2 Å². The van der Waals surface area contributed by atoms with Crippen LogP contribution in [0.15, 0.2) is 48.7 Å². The Labute approximate surface area is 160 Å². The number of hydrogen-bond donors (Lipinski definition) is 1. The number of amides is 1. The number of likely N-dealkylation sites (tertiary alicyclic amines) is 1. The second-order valence-electron chi connectivity index (χ2n) is 7.91. The standard InChI is InChI=1S/C23H27N3O/c1-16-9-17(2)11-18(10-16)12-26-14-21(20-5-3-4-6-22(20)26)19-7-8-25(13-19)15-23(24)27/h3-6,9-11,14,19H,7-8,12-13,15H2,1-2H3,(H2,24,27). The Bertz CT molecular complexity index is 968. The van der Waals surface area contributed by atoms with Gasteiger partial charge in [0.05, 0.1) is 6.54 Å². The lowest BCUT2D eigenvalue weighted by Crippen LogP contribution is -2.31. The molecule has 1 aliphatic rings. The van der Waals surface area contributed by atoms with E-state index in [1.54, 1.807) is 0 Å². The average Bonchev–Trinajstić information content (AvgIpc) is 3.18. The molecule has 2 heterocycles. The van der Waals surface area contributed by atoms with Gasteiger partial charge in [-0.15, -0.1) is 0 Å². The van der Waals surface area contributed by atoms with Crippen LogP contribution in [0.5, 0.6) is 0 Å². The molecule has 0 bridgehead atoms. The Balaban J connectivity index is 1.66. The topological polar surface area (TPSA) is 51.3 Å². The Hall–Kier alpha value is -2.59. The summed E-state index contributed by atoms with van der Waals surface area (Å²) in [5.74, 6) is 0.211. The SMILES string of the molecule is Cc1cc(C)cc(Cn2cc(C3CCN(CC(N)=O)C3)c3ccccc32)c1. The summed E-state index contributed by atoms with van der Waals surface area (Å²) in [6, 6.07) is 15.4. The first-order valence-electron chi connectivity index (χ1n) is 9.65. The Morgan fingerprint density at radius 3 is 2.63 bits per heavy atom. The smallest absolute Gasteiger partial charge is 0.231 e. The van der Waals surface area contributed by atoms with Crippen molar-refractivity contribution >= 4 is 16.8 Å². The fourth-order valence-electron chi connectivity index (χ4n) is 4.54. The summed E-state index contributed by atoms with van der Waals surface area (Å²) in [7, 11) is 0. The number of rotatable bonds is 5. The van der Waals surface area contributed by atoms with E-state index in [4.69, 9.17) is 5.73 Å². The lowest BCUT2D eigenvalue weighted by Gasteiger charge is -2.13. The fourth-order valence-corrected chi connectivity index (χ4v) is 4.54. The molecule has 140 valence electrons. The summed E-state index contributed by atoms with van der Waals surface area (Å²) in [5, 5.41) is 1.33. The molecule has 1 atom stereocenters. The Morgan fingerprint density at radius 2 is 1.89 bits per heavy atom. The van der Waals surface area contributed by atoms with Gasteiger partial charge in [0, 0.05) is 30.2 Å². The van der Waals surface area contributed by atoms with Gasteiger partial charge in [-0.3, -0.25) is 9.69 Å². The highest BCUT2D eigenvalue weighted by Crippen LogP contribution is 2.34. The number of fused-ring (bicyclic) bond motifs is 1. The van der Waals surface area contributed by atoms with Crippen LogP contribution < -0.4 is 5.73 Å². The molecule has 1 unspecified atom stereocenters.